The largest absolute Gasteiger partial charge is 0.478 e. The van der Waals surface area contributed by atoms with E-state index in [1.807, 2.05) is 0 Å². The second-order valence-electron chi connectivity index (χ2n) is 4.16. The van der Waals surface area contributed by atoms with Gasteiger partial charge in [0.1, 0.15) is 5.56 Å². The quantitative estimate of drug-likeness (QED) is 0.787. The van der Waals surface area contributed by atoms with Gasteiger partial charge in [-0.25, -0.2) is 4.79 Å². The lowest BCUT2D eigenvalue weighted by atomic mass is 10.2. The van der Waals surface area contributed by atoms with Crippen LogP contribution in [0.1, 0.15) is 42.7 Å². The van der Waals surface area contributed by atoms with Crippen molar-refractivity contribution in [3.8, 4) is 0 Å². The fraction of sp³-hybridized carbons (Fsp3) is 0.667. The molecule has 96 valence electrons. The van der Waals surface area contributed by atoms with Crippen molar-refractivity contribution in [2.75, 3.05) is 13.1 Å². The summed E-state index contributed by atoms with van der Waals surface area (Å²) in [6, 6.07) is 0. The standard InChI is InChI=1S/C12H21N3O2/c1-4-6-7-15(5-2)9-11-10(12(16)17)8-13-14(11)3/h8H,4-7,9H2,1-3H3,(H,16,17). The highest BCUT2D eigenvalue weighted by Gasteiger charge is 2.16. The van der Waals surface area contributed by atoms with Crippen molar-refractivity contribution in [1.29, 1.82) is 0 Å². The van der Waals surface area contributed by atoms with Crippen LogP contribution in [0, 0.1) is 0 Å². The minimum absolute atomic E-state index is 0.308. The third kappa shape index (κ3) is 3.56. The molecular formula is C12H21N3O2. The fourth-order valence-corrected chi connectivity index (χ4v) is 1.77. The van der Waals surface area contributed by atoms with E-state index in [2.05, 4.69) is 23.8 Å². The average Bonchev–Trinajstić information content (AvgIpc) is 2.66. The smallest absolute Gasteiger partial charge is 0.339 e. The van der Waals surface area contributed by atoms with Gasteiger partial charge in [0, 0.05) is 13.6 Å². The molecule has 0 fully saturated rings. The zero-order valence-corrected chi connectivity index (χ0v) is 10.8. The summed E-state index contributed by atoms with van der Waals surface area (Å²) in [5.41, 5.74) is 1.08. The first-order valence-electron chi connectivity index (χ1n) is 6.06. The number of aromatic carboxylic acids is 1. The van der Waals surface area contributed by atoms with E-state index in [1.165, 1.54) is 6.20 Å². The van der Waals surface area contributed by atoms with E-state index in [-0.39, 0.29) is 0 Å². The molecule has 5 heteroatoms. The fourth-order valence-electron chi connectivity index (χ4n) is 1.77. The van der Waals surface area contributed by atoms with Crippen molar-refractivity contribution in [3.05, 3.63) is 17.5 Å². The number of carboxylic acid groups (broad SMARTS) is 1. The van der Waals surface area contributed by atoms with Gasteiger partial charge in [-0.3, -0.25) is 9.58 Å². The number of hydrogen-bond donors (Lipinski definition) is 1. The number of hydrogen-bond acceptors (Lipinski definition) is 3. The Labute approximate surface area is 102 Å². The van der Waals surface area contributed by atoms with Gasteiger partial charge in [-0.05, 0) is 19.5 Å². The van der Waals surface area contributed by atoms with E-state index in [9.17, 15) is 4.79 Å². The van der Waals surface area contributed by atoms with Gasteiger partial charge < -0.3 is 5.11 Å². The third-order valence-electron chi connectivity index (χ3n) is 2.94. The molecule has 0 aliphatic carbocycles. The van der Waals surface area contributed by atoms with Crippen LogP contribution in [0.25, 0.3) is 0 Å². The Hall–Kier alpha value is -1.36. The van der Waals surface area contributed by atoms with Crippen LogP contribution in [0.5, 0.6) is 0 Å². The lowest BCUT2D eigenvalue weighted by Crippen LogP contribution is -2.26. The number of carbonyl (C=O) groups is 1. The highest BCUT2D eigenvalue weighted by molar-refractivity contribution is 5.88. The first kappa shape index (κ1) is 13.7. The molecule has 0 bridgehead atoms. The normalized spacial score (nSPS) is 11.1. The summed E-state index contributed by atoms with van der Waals surface area (Å²) in [6.45, 7) is 6.81. The molecule has 0 unspecified atom stereocenters. The highest BCUT2D eigenvalue weighted by atomic mass is 16.4. The maximum Gasteiger partial charge on any atom is 0.339 e. The molecule has 1 aromatic heterocycles. The minimum atomic E-state index is -0.903. The molecule has 1 aromatic rings. The predicted octanol–water partition coefficient (Wildman–Crippen LogP) is 1.74. The van der Waals surface area contributed by atoms with Crippen molar-refractivity contribution in [1.82, 2.24) is 14.7 Å². The summed E-state index contributed by atoms with van der Waals surface area (Å²) in [5.74, 6) is -0.903. The molecular weight excluding hydrogens is 218 g/mol. The van der Waals surface area contributed by atoms with Crippen molar-refractivity contribution in [2.45, 2.75) is 33.2 Å². The molecule has 0 atom stereocenters. The second kappa shape index (κ2) is 6.39. The molecule has 0 aliphatic heterocycles. The monoisotopic (exact) mass is 239 g/mol. The SMILES string of the molecule is CCCCN(CC)Cc1c(C(=O)O)cnn1C. The molecule has 1 heterocycles. The molecule has 0 amide bonds. The molecule has 0 saturated heterocycles. The van der Waals surface area contributed by atoms with Gasteiger partial charge in [-0.15, -0.1) is 0 Å². The Morgan fingerprint density at radius 2 is 2.24 bits per heavy atom. The van der Waals surface area contributed by atoms with Crippen molar-refractivity contribution in [3.63, 3.8) is 0 Å². The van der Waals surface area contributed by atoms with Crippen LogP contribution in [-0.4, -0.2) is 38.8 Å². The lowest BCUT2D eigenvalue weighted by Gasteiger charge is -2.20. The number of carboxylic acids is 1. The van der Waals surface area contributed by atoms with E-state index >= 15 is 0 Å². The Balaban J connectivity index is 2.77. The maximum absolute atomic E-state index is 11.0. The topological polar surface area (TPSA) is 58.4 Å². The van der Waals surface area contributed by atoms with Gasteiger partial charge in [0.15, 0.2) is 0 Å². The van der Waals surface area contributed by atoms with Crippen LogP contribution in [0.15, 0.2) is 6.20 Å². The zero-order chi connectivity index (χ0) is 12.8. The number of nitrogens with zero attached hydrogens (tertiary/aromatic N) is 3. The third-order valence-corrected chi connectivity index (χ3v) is 2.94. The molecule has 0 radical (unpaired) electrons. The molecule has 1 rings (SSSR count). The van der Waals surface area contributed by atoms with Crippen LogP contribution >= 0.6 is 0 Å². The summed E-state index contributed by atoms with van der Waals surface area (Å²) in [5, 5.41) is 13.1. The van der Waals surface area contributed by atoms with E-state index in [1.54, 1.807) is 11.7 Å². The molecule has 0 spiro atoms. The number of unbranched alkanes of at least 4 members (excludes halogenated alkanes) is 1. The Morgan fingerprint density at radius 3 is 2.76 bits per heavy atom. The van der Waals surface area contributed by atoms with Crippen LogP contribution in [0.3, 0.4) is 0 Å². The van der Waals surface area contributed by atoms with E-state index in [4.69, 9.17) is 5.11 Å². The summed E-state index contributed by atoms with van der Waals surface area (Å²) >= 11 is 0. The summed E-state index contributed by atoms with van der Waals surface area (Å²) in [7, 11) is 1.79. The molecule has 1 N–H and O–H groups in total. The van der Waals surface area contributed by atoms with Crippen LogP contribution in [0.2, 0.25) is 0 Å². The zero-order valence-electron chi connectivity index (χ0n) is 10.8. The van der Waals surface area contributed by atoms with Crippen LogP contribution in [-0.2, 0) is 13.6 Å². The first-order valence-corrected chi connectivity index (χ1v) is 6.06. The lowest BCUT2D eigenvalue weighted by molar-refractivity contribution is 0.0694. The summed E-state index contributed by atoms with van der Waals surface area (Å²) in [4.78, 5) is 13.3. The maximum atomic E-state index is 11.0. The van der Waals surface area contributed by atoms with Crippen molar-refractivity contribution in [2.24, 2.45) is 7.05 Å². The van der Waals surface area contributed by atoms with Gasteiger partial charge in [-0.2, -0.15) is 5.10 Å². The van der Waals surface area contributed by atoms with E-state index < -0.39 is 5.97 Å². The average molecular weight is 239 g/mol. The molecule has 0 aliphatic rings. The molecule has 5 nitrogen and oxygen atoms in total. The van der Waals surface area contributed by atoms with Crippen LogP contribution in [0.4, 0.5) is 0 Å². The number of rotatable bonds is 7. The van der Waals surface area contributed by atoms with Crippen LogP contribution < -0.4 is 0 Å². The van der Waals surface area contributed by atoms with Gasteiger partial charge >= 0.3 is 5.97 Å². The van der Waals surface area contributed by atoms with Crippen molar-refractivity contribution >= 4 is 5.97 Å². The summed E-state index contributed by atoms with van der Waals surface area (Å²) in [6.07, 6.45) is 3.70. The summed E-state index contributed by atoms with van der Waals surface area (Å²) < 4.78 is 1.65. The molecule has 0 aromatic carbocycles. The minimum Gasteiger partial charge on any atom is -0.478 e. The highest BCUT2D eigenvalue weighted by Crippen LogP contribution is 2.11. The Bertz CT molecular complexity index is 374. The van der Waals surface area contributed by atoms with Gasteiger partial charge in [-0.1, -0.05) is 20.3 Å². The van der Waals surface area contributed by atoms with E-state index in [0.717, 1.165) is 31.6 Å². The number of aromatic nitrogens is 2. The van der Waals surface area contributed by atoms with Gasteiger partial charge in [0.25, 0.3) is 0 Å². The Kier molecular flexibility index (Phi) is 5.15. The first-order chi connectivity index (χ1) is 8.10. The van der Waals surface area contributed by atoms with Crippen molar-refractivity contribution < 1.29 is 9.90 Å². The second-order valence-corrected chi connectivity index (χ2v) is 4.16. The predicted molar refractivity (Wildman–Crippen MR) is 66.0 cm³/mol. The molecule has 0 saturated carbocycles. The van der Waals surface area contributed by atoms with Gasteiger partial charge in [0.2, 0.25) is 0 Å². The number of aryl methyl sites for hydroxylation is 1. The van der Waals surface area contributed by atoms with Gasteiger partial charge in [0.05, 0.1) is 11.9 Å². The Morgan fingerprint density at radius 1 is 1.53 bits per heavy atom. The van der Waals surface area contributed by atoms with E-state index in [0.29, 0.717) is 12.1 Å². The molecule has 17 heavy (non-hydrogen) atoms.